The molecule has 0 spiro atoms. The van der Waals surface area contributed by atoms with E-state index in [4.69, 9.17) is 4.74 Å². The van der Waals surface area contributed by atoms with Crippen LogP contribution in [0.15, 0.2) is 29.3 Å². The molecule has 0 saturated carbocycles. The molecule has 1 atom stereocenters. The number of hydrogen-bond donors (Lipinski definition) is 3. The van der Waals surface area contributed by atoms with Gasteiger partial charge in [-0.25, -0.2) is 0 Å². The molecule has 0 aromatic heterocycles. The number of benzene rings is 1. The van der Waals surface area contributed by atoms with Gasteiger partial charge in [-0.3, -0.25) is 9.89 Å². The fourth-order valence-corrected chi connectivity index (χ4v) is 4.31. The highest BCUT2D eigenvalue weighted by Crippen LogP contribution is 2.31. The van der Waals surface area contributed by atoms with Crippen molar-refractivity contribution < 1.29 is 9.84 Å². The van der Waals surface area contributed by atoms with E-state index in [1.807, 2.05) is 0 Å². The predicted octanol–water partition coefficient (Wildman–Crippen LogP) is 2.99. The van der Waals surface area contributed by atoms with Crippen LogP contribution >= 0.6 is 24.0 Å². The molecule has 3 rings (SSSR count). The summed E-state index contributed by atoms with van der Waals surface area (Å²) in [4.78, 5) is 6.93. The molecule has 0 bridgehead atoms. The van der Waals surface area contributed by atoms with E-state index in [0.29, 0.717) is 6.61 Å². The molecule has 6 nitrogen and oxygen atoms in total. The van der Waals surface area contributed by atoms with Crippen LogP contribution in [0.3, 0.4) is 0 Å². The Kier molecular flexibility index (Phi) is 10.8. The van der Waals surface area contributed by atoms with Gasteiger partial charge in [0.15, 0.2) is 5.96 Å². The minimum Gasteiger partial charge on any atom is -0.396 e. The van der Waals surface area contributed by atoms with Crippen molar-refractivity contribution in [1.29, 1.82) is 0 Å². The second-order valence-corrected chi connectivity index (χ2v) is 8.83. The van der Waals surface area contributed by atoms with Gasteiger partial charge in [0.1, 0.15) is 0 Å². The number of rotatable bonds is 8. The van der Waals surface area contributed by atoms with Crippen LogP contribution in [0.1, 0.15) is 43.7 Å². The van der Waals surface area contributed by atoms with Gasteiger partial charge in [0.25, 0.3) is 0 Å². The number of nitrogens with zero attached hydrogens (tertiary/aromatic N) is 2. The molecule has 2 saturated heterocycles. The highest BCUT2D eigenvalue weighted by molar-refractivity contribution is 14.0. The summed E-state index contributed by atoms with van der Waals surface area (Å²) in [6.07, 6.45) is 4.36. The quantitative estimate of drug-likeness (QED) is 0.274. The summed E-state index contributed by atoms with van der Waals surface area (Å²) >= 11 is 0. The van der Waals surface area contributed by atoms with Gasteiger partial charge in [0.2, 0.25) is 0 Å². The molecule has 7 heteroatoms. The van der Waals surface area contributed by atoms with Gasteiger partial charge in [-0.15, -0.1) is 24.0 Å². The maximum atomic E-state index is 9.39. The van der Waals surface area contributed by atoms with Gasteiger partial charge in [0, 0.05) is 45.3 Å². The molecule has 1 unspecified atom stereocenters. The summed E-state index contributed by atoms with van der Waals surface area (Å²) in [5, 5.41) is 16.2. The van der Waals surface area contributed by atoms with E-state index in [0.717, 1.165) is 51.0 Å². The molecule has 2 heterocycles. The number of aliphatic hydroxyl groups is 1. The van der Waals surface area contributed by atoms with E-state index in [-0.39, 0.29) is 36.0 Å². The average molecular weight is 530 g/mol. The van der Waals surface area contributed by atoms with Crippen molar-refractivity contribution in [2.24, 2.45) is 16.3 Å². The molecule has 2 fully saturated rings. The Morgan fingerprint density at radius 3 is 2.70 bits per heavy atom. The van der Waals surface area contributed by atoms with Gasteiger partial charge < -0.3 is 20.5 Å². The second kappa shape index (κ2) is 12.8. The second-order valence-electron chi connectivity index (χ2n) is 8.83. The molecule has 1 aromatic carbocycles. The molecule has 2 aliphatic heterocycles. The highest BCUT2D eigenvalue weighted by Gasteiger charge is 2.34. The van der Waals surface area contributed by atoms with Crippen LogP contribution in [-0.4, -0.2) is 62.5 Å². The van der Waals surface area contributed by atoms with Crippen molar-refractivity contribution in [3.8, 4) is 0 Å². The molecular formula is C23H39IN4O2. The molecule has 170 valence electrons. The Morgan fingerprint density at radius 1 is 1.27 bits per heavy atom. The number of likely N-dealkylation sites (tertiary alicyclic amines) is 1. The van der Waals surface area contributed by atoms with E-state index < -0.39 is 0 Å². The number of aliphatic hydroxyl groups excluding tert-OH is 1. The molecule has 3 N–H and O–H groups in total. The van der Waals surface area contributed by atoms with Crippen LogP contribution in [0.2, 0.25) is 0 Å². The van der Waals surface area contributed by atoms with Crippen LogP contribution in [0, 0.1) is 11.3 Å². The lowest BCUT2D eigenvalue weighted by Crippen LogP contribution is -2.44. The number of hydrogen-bond acceptors (Lipinski definition) is 4. The van der Waals surface area contributed by atoms with Crippen molar-refractivity contribution in [2.75, 3.05) is 46.5 Å². The van der Waals surface area contributed by atoms with Crippen molar-refractivity contribution in [1.82, 2.24) is 15.5 Å². The lowest BCUT2D eigenvalue weighted by atomic mass is 9.84. The average Bonchev–Trinajstić information content (AvgIpc) is 3.19. The first-order valence-corrected chi connectivity index (χ1v) is 11.1. The zero-order chi connectivity index (χ0) is 20.5. The number of halogens is 1. The normalized spacial score (nSPS) is 23.2. The van der Waals surface area contributed by atoms with Crippen LogP contribution in [-0.2, 0) is 17.8 Å². The molecule has 0 radical (unpaired) electrons. The van der Waals surface area contributed by atoms with Gasteiger partial charge in [-0.1, -0.05) is 31.2 Å². The highest BCUT2D eigenvalue weighted by atomic mass is 127. The smallest absolute Gasteiger partial charge is 0.191 e. The lowest BCUT2D eigenvalue weighted by Gasteiger charge is -2.30. The predicted molar refractivity (Wildman–Crippen MR) is 133 cm³/mol. The summed E-state index contributed by atoms with van der Waals surface area (Å²) in [6.45, 7) is 8.99. The zero-order valence-electron chi connectivity index (χ0n) is 18.5. The molecule has 0 aliphatic carbocycles. The topological polar surface area (TPSA) is 69.1 Å². The van der Waals surface area contributed by atoms with Gasteiger partial charge in [-0.05, 0) is 55.8 Å². The van der Waals surface area contributed by atoms with Crippen molar-refractivity contribution in [2.45, 2.75) is 45.7 Å². The SMILES string of the molecule is CN=C(NCc1cccc(CN2CCC(C)CC2)c1)NCC1(CCO)CCOC1.I. The molecular weight excluding hydrogens is 491 g/mol. The first-order valence-electron chi connectivity index (χ1n) is 11.1. The molecule has 1 aromatic rings. The number of aliphatic imine (C=N–C) groups is 1. The lowest BCUT2D eigenvalue weighted by molar-refractivity contribution is 0.127. The standard InChI is InChI=1S/C23H38N4O2.HI/c1-19-6-10-27(11-7-19)16-21-5-3-4-20(14-21)15-25-22(24-2)26-17-23(8-12-28)9-13-29-18-23;/h3-5,14,19,28H,6-13,15-18H2,1-2H3,(H2,24,25,26);1H. The minimum absolute atomic E-state index is 0. The van der Waals surface area contributed by atoms with Gasteiger partial charge in [0.05, 0.1) is 6.61 Å². The van der Waals surface area contributed by atoms with E-state index in [1.165, 1.54) is 37.1 Å². The number of nitrogens with one attached hydrogen (secondary N) is 2. The Bertz CT molecular complexity index is 656. The fraction of sp³-hybridized carbons (Fsp3) is 0.696. The maximum absolute atomic E-state index is 9.39. The Balaban J connectivity index is 0.00000320. The third-order valence-electron chi connectivity index (χ3n) is 6.42. The first kappa shape index (κ1) is 25.4. The minimum atomic E-state index is 0. The summed E-state index contributed by atoms with van der Waals surface area (Å²) in [7, 11) is 1.80. The Labute approximate surface area is 198 Å². The van der Waals surface area contributed by atoms with E-state index >= 15 is 0 Å². The number of piperidine rings is 1. The van der Waals surface area contributed by atoms with Crippen molar-refractivity contribution in [3.63, 3.8) is 0 Å². The molecule has 2 aliphatic rings. The van der Waals surface area contributed by atoms with E-state index in [9.17, 15) is 5.11 Å². The van der Waals surface area contributed by atoms with Crippen molar-refractivity contribution in [3.05, 3.63) is 35.4 Å². The Morgan fingerprint density at radius 2 is 2.03 bits per heavy atom. The maximum Gasteiger partial charge on any atom is 0.191 e. The third kappa shape index (κ3) is 7.66. The number of guanidine groups is 1. The summed E-state index contributed by atoms with van der Waals surface area (Å²) in [5.74, 6) is 1.66. The first-order chi connectivity index (χ1) is 14.1. The van der Waals surface area contributed by atoms with Crippen LogP contribution < -0.4 is 10.6 Å². The summed E-state index contributed by atoms with van der Waals surface area (Å²) in [5.41, 5.74) is 2.66. The third-order valence-corrected chi connectivity index (χ3v) is 6.42. The largest absolute Gasteiger partial charge is 0.396 e. The summed E-state index contributed by atoms with van der Waals surface area (Å²) < 4.78 is 5.57. The fourth-order valence-electron chi connectivity index (χ4n) is 4.31. The van der Waals surface area contributed by atoms with Crippen LogP contribution in [0.5, 0.6) is 0 Å². The van der Waals surface area contributed by atoms with Crippen LogP contribution in [0.25, 0.3) is 0 Å². The van der Waals surface area contributed by atoms with E-state index in [2.05, 4.69) is 51.7 Å². The van der Waals surface area contributed by atoms with E-state index in [1.54, 1.807) is 7.05 Å². The van der Waals surface area contributed by atoms with Crippen LogP contribution in [0.4, 0.5) is 0 Å². The molecule has 30 heavy (non-hydrogen) atoms. The Hall–Kier alpha value is -0.900. The monoisotopic (exact) mass is 530 g/mol. The van der Waals surface area contributed by atoms with Gasteiger partial charge >= 0.3 is 0 Å². The summed E-state index contributed by atoms with van der Waals surface area (Å²) in [6, 6.07) is 8.85. The zero-order valence-corrected chi connectivity index (χ0v) is 20.9. The van der Waals surface area contributed by atoms with Gasteiger partial charge in [-0.2, -0.15) is 0 Å². The molecule has 0 amide bonds. The van der Waals surface area contributed by atoms with Crippen molar-refractivity contribution >= 4 is 29.9 Å². The number of ether oxygens (including phenoxy) is 1.